The van der Waals surface area contributed by atoms with E-state index in [1.54, 1.807) is 0 Å². The molecule has 1 unspecified atom stereocenters. The molecule has 0 spiro atoms. The summed E-state index contributed by atoms with van der Waals surface area (Å²) in [5, 5.41) is 6.50. The highest BCUT2D eigenvalue weighted by molar-refractivity contribution is 7.96. The molecule has 22 heavy (non-hydrogen) atoms. The number of benzene rings is 1. The number of hydrogen-bond donors (Lipinski definition) is 5. The lowest BCUT2D eigenvalue weighted by molar-refractivity contribution is 0.128. The Hall–Kier alpha value is -0.170. The van der Waals surface area contributed by atoms with Crippen LogP contribution in [0.3, 0.4) is 0 Å². The lowest BCUT2D eigenvalue weighted by atomic mass is 10.2. The molecule has 0 amide bonds. The summed E-state index contributed by atoms with van der Waals surface area (Å²) in [5.74, 6) is 0.835. The normalized spacial score (nSPS) is 14.8. The Kier molecular flexibility index (Phi) is 6.87. The molecule has 0 saturated carbocycles. The van der Waals surface area contributed by atoms with Crippen LogP contribution >= 0.6 is 15.2 Å². The Labute approximate surface area is 132 Å². The summed E-state index contributed by atoms with van der Waals surface area (Å²) < 4.78 is 22.5. The van der Waals surface area contributed by atoms with Crippen LogP contribution in [0.4, 0.5) is 0 Å². The Balaban J connectivity index is 2.62. The molecule has 10 heteroatoms. The fraction of sp³-hybridized carbons (Fsp3) is 0.500. The second-order valence-corrected chi connectivity index (χ2v) is 11.4. The van der Waals surface area contributed by atoms with Crippen LogP contribution in [0.2, 0.25) is 0 Å². The molecule has 0 aromatic heterocycles. The zero-order valence-corrected chi connectivity index (χ0v) is 14.7. The van der Waals surface area contributed by atoms with Crippen molar-refractivity contribution in [2.45, 2.75) is 17.9 Å². The van der Waals surface area contributed by atoms with Crippen LogP contribution in [0, 0.1) is 0 Å². The van der Waals surface area contributed by atoms with Gasteiger partial charge >= 0.3 is 15.2 Å². The molecule has 0 aliphatic carbocycles. The predicted octanol–water partition coefficient (Wildman–Crippen LogP) is 0.869. The molecule has 0 radical (unpaired) electrons. The van der Waals surface area contributed by atoms with Gasteiger partial charge in [-0.05, 0) is 16.5 Å². The third-order valence-electron chi connectivity index (χ3n) is 3.30. The molecule has 5 N–H and O–H groups in total. The maximum absolute atomic E-state index is 11.2. The van der Waals surface area contributed by atoms with Gasteiger partial charge in [-0.25, -0.2) is 0 Å². The van der Waals surface area contributed by atoms with Crippen LogP contribution in [-0.2, 0) is 26.4 Å². The van der Waals surface area contributed by atoms with Crippen LogP contribution in [0.25, 0.3) is 0 Å². The molecule has 1 atom stereocenters. The maximum atomic E-state index is 11.2. The Morgan fingerprint density at radius 3 is 1.95 bits per heavy atom. The summed E-state index contributed by atoms with van der Waals surface area (Å²) in [4.78, 5) is 36.3. The fourth-order valence-corrected chi connectivity index (χ4v) is 5.71. The van der Waals surface area contributed by atoms with Gasteiger partial charge in [-0.3, -0.25) is 9.13 Å². The summed E-state index contributed by atoms with van der Waals surface area (Å²) in [6.07, 6.45) is 1.95. The van der Waals surface area contributed by atoms with Crippen LogP contribution in [0.5, 0.6) is 0 Å². The van der Waals surface area contributed by atoms with Gasteiger partial charge in [0.2, 0.25) is 0 Å². The molecular formula is C12H21O7P2S+. The van der Waals surface area contributed by atoms with E-state index in [0.29, 0.717) is 5.75 Å². The van der Waals surface area contributed by atoms with E-state index in [1.807, 2.05) is 36.6 Å². The van der Waals surface area contributed by atoms with Gasteiger partial charge in [0.25, 0.3) is 5.08 Å². The first-order valence-electron chi connectivity index (χ1n) is 6.44. The van der Waals surface area contributed by atoms with E-state index >= 15 is 0 Å². The van der Waals surface area contributed by atoms with E-state index in [2.05, 4.69) is 0 Å². The second-order valence-electron chi connectivity index (χ2n) is 5.04. The van der Waals surface area contributed by atoms with Crippen LogP contribution in [0.1, 0.15) is 12.0 Å². The summed E-state index contributed by atoms with van der Waals surface area (Å²) in [6, 6.07) is 9.62. The minimum atomic E-state index is -5.35. The molecular weight excluding hydrogens is 350 g/mol. The summed E-state index contributed by atoms with van der Waals surface area (Å²) in [6.45, 7) is 0. The first-order valence-corrected chi connectivity index (χ1v) is 11.6. The highest BCUT2D eigenvalue weighted by atomic mass is 32.2. The molecule has 7 nitrogen and oxygen atoms in total. The van der Waals surface area contributed by atoms with Gasteiger partial charge in [-0.1, -0.05) is 30.3 Å². The average Bonchev–Trinajstić information content (AvgIpc) is 2.41. The van der Waals surface area contributed by atoms with Crippen molar-refractivity contribution < 1.29 is 33.8 Å². The van der Waals surface area contributed by atoms with Gasteiger partial charge < -0.3 is 24.7 Å². The lowest BCUT2D eigenvalue weighted by Crippen LogP contribution is -2.31. The minimum Gasteiger partial charge on any atom is -0.367 e. The van der Waals surface area contributed by atoms with Crippen LogP contribution in [0.15, 0.2) is 30.3 Å². The Morgan fingerprint density at radius 2 is 1.50 bits per heavy atom. The predicted molar refractivity (Wildman–Crippen MR) is 86.8 cm³/mol. The quantitative estimate of drug-likeness (QED) is 0.338. The second kappa shape index (κ2) is 7.60. The molecule has 0 aliphatic heterocycles. The monoisotopic (exact) mass is 371 g/mol. The zero-order valence-electron chi connectivity index (χ0n) is 12.1. The van der Waals surface area contributed by atoms with Crippen LogP contribution in [-0.4, -0.2) is 47.5 Å². The topological polar surface area (TPSA) is 135 Å². The minimum absolute atomic E-state index is 0.125. The van der Waals surface area contributed by atoms with Crippen molar-refractivity contribution in [1.82, 2.24) is 0 Å². The van der Waals surface area contributed by atoms with E-state index < -0.39 is 26.7 Å². The molecule has 0 aliphatic rings. The van der Waals surface area contributed by atoms with Crippen molar-refractivity contribution in [3.05, 3.63) is 35.9 Å². The zero-order chi connectivity index (χ0) is 17.0. The highest BCUT2D eigenvalue weighted by Gasteiger charge is 2.59. The van der Waals surface area contributed by atoms with Gasteiger partial charge in [-0.2, -0.15) is 0 Å². The Bertz CT molecular complexity index is 546. The van der Waals surface area contributed by atoms with E-state index in [9.17, 15) is 14.2 Å². The van der Waals surface area contributed by atoms with Gasteiger partial charge in [0.15, 0.2) is 0 Å². The van der Waals surface area contributed by atoms with Crippen molar-refractivity contribution in [2.24, 2.45) is 0 Å². The summed E-state index contributed by atoms with van der Waals surface area (Å²) >= 11 is 0. The Morgan fingerprint density at radius 1 is 1.00 bits per heavy atom. The maximum Gasteiger partial charge on any atom is 0.369 e. The number of hydrogen-bond acceptors (Lipinski definition) is 3. The molecule has 0 bridgehead atoms. The molecule has 1 aromatic carbocycles. The molecule has 0 fully saturated rings. The SMILES string of the molecule is C[S+](CCc1ccccc1)CCC(O)(P(=O)(O)O)P(=O)(O)O. The van der Waals surface area contributed by atoms with Crippen molar-refractivity contribution in [3.8, 4) is 0 Å². The molecule has 1 aromatic rings. The smallest absolute Gasteiger partial charge is 0.367 e. The average molecular weight is 371 g/mol. The van der Waals surface area contributed by atoms with Crippen molar-refractivity contribution in [1.29, 1.82) is 0 Å². The fourth-order valence-electron chi connectivity index (χ4n) is 1.81. The van der Waals surface area contributed by atoms with E-state index in [0.717, 1.165) is 12.0 Å². The van der Waals surface area contributed by atoms with Gasteiger partial charge in [0.05, 0.1) is 6.26 Å². The van der Waals surface area contributed by atoms with Gasteiger partial charge in [0, 0.05) is 12.8 Å². The van der Waals surface area contributed by atoms with Crippen LogP contribution < -0.4 is 0 Å². The van der Waals surface area contributed by atoms with Crippen molar-refractivity contribution in [3.63, 3.8) is 0 Å². The first-order chi connectivity index (χ1) is 9.97. The molecule has 0 saturated heterocycles. The van der Waals surface area contributed by atoms with E-state index in [4.69, 9.17) is 19.6 Å². The number of aliphatic hydroxyl groups is 1. The summed E-state index contributed by atoms with van der Waals surface area (Å²) in [7, 11) is -11.0. The highest BCUT2D eigenvalue weighted by Crippen LogP contribution is 2.68. The number of aryl methyl sites for hydroxylation is 1. The molecule has 0 heterocycles. The van der Waals surface area contributed by atoms with E-state index in [-0.39, 0.29) is 16.6 Å². The van der Waals surface area contributed by atoms with Crippen molar-refractivity contribution in [2.75, 3.05) is 17.8 Å². The lowest BCUT2D eigenvalue weighted by Gasteiger charge is -2.28. The third-order valence-corrected chi connectivity index (χ3v) is 8.98. The molecule has 1 rings (SSSR count). The van der Waals surface area contributed by atoms with Gasteiger partial charge in [0.1, 0.15) is 11.5 Å². The largest absolute Gasteiger partial charge is 0.369 e. The summed E-state index contributed by atoms with van der Waals surface area (Å²) in [5.41, 5.74) is 1.11. The standard InChI is InChI=1S/C12H20O7P2S/c1-22(9-7-11-5-3-2-4-6-11)10-8-12(13,20(14,15)16)21(17,18)19/h2-6,13H,7-10H2,1H3,(H3-,14,15,16,17,18,19)/p+1. The third kappa shape index (κ3) is 5.18. The number of rotatable bonds is 8. The first kappa shape index (κ1) is 19.9. The van der Waals surface area contributed by atoms with Crippen molar-refractivity contribution >= 4 is 26.1 Å². The molecule has 126 valence electrons. The van der Waals surface area contributed by atoms with E-state index in [1.165, 1.54) is 0 Å². The van der Waals surface area contributed by atoms with Gasteiger partial charge in [-0.15, -0.1) is 0 Å².